The van der Waals surface area contributed by atoms with Gasteiger partial charge in [-0.2, -0.15) is 0 Å². The molecular formula is C11H15FN2O5S. The van der Waals surface area contributed by atoms with Crippen molar-refractivity contribution in [3.63, 3.8) is 0 Å². The minimum atomic E-state index is -3.16. The van der Waals surface area contributed by atoms with Gasteiger partial charge in [0.05, 0.1) is 29.5 Å². The van der Waals surface area contributed by atoms with Crippen molar-refractivity contribution in [3.8, 4) is 5.75 Å². The Morgan fingerprint density at radius 1 is 1.45 bits per heavy atom. The number of ether oxygens (including phenoxy) is 1. The van der Waals surface area contributed by atoms with Crippen LogP contribution in [-0.4, -0.2) is 38.5 Å². The minimum Gasteiger partial charge on any atom is -0.490 e. The molecule has 1 aromatic rings. The van der Waals surface area contributed by atoms with Crippen molar-refractivity contribution in [1.29, 1.82) is 0 Å². The first-order chi connectivity index (χ1) is 9.30. The SMILES string of the molecule is CCS(=O)(=O)CCNc1cc(OC)c([N+](=O)[O-])cc1F. The predicted molar refractivity (Wildman–Crippen MR) is 72.4 cm³/mol. The second-order valence-electron chi connectivity index (χ2n) is 3.92. The summed E-state index contributed by atoms with van der Waals surface area (Å²) in [7, 11) is -1.94. The zero-order chi connectivity index (χ0) is 15.3. The highest BCUT2D eigenvalue weighted by atomic mass is 32.2. The zero-order valence-corrected chi connectivity index (χ0v) is 11.9. The van der Waals surface area contributed by atoms with Crippen molar-refractivity contribution >= 4 is 21.2 Å². The molecule has 0 saturated carbocycles. The summed E-state index contributed by atoms with van der Waals surface area (Å²) in [5, 5.41) is 13.3. The van der Waals surface area contributed by atoms with E-state index in [0.29, 0.717) is 0 Å². The number of nitro benzene ring substituents is 1. The maximum Gasteiger partial charge on any atom is 0.313 e. The van der Waals surface area contributed by atoms with Gasteiger partial charge in [-0.1, -0.05) is 6.92 Å². The smallest absolute Gasteiger partial charge is 0.313 e. The molecule has 0 aliphatic carbocycles. The fourth-order valence-electron chi connectivity index (χ4n) is 1.47. The lowest BCUT2D eigenvalue weighted by Crippen LogP contribution is -2.17. The molecule has 112 valence electrons. The van der Waals surface area contributed by atoms with E-state index in [1.165, 1.54) is 14.0 Å². The summed E-state index contributed by atoms with van der Waals surface area (Å²) in [6.07, 6.45) is 0. The van der Waals surface area contributed by atoms with E-state index in [1.54, 1.807) is 0 Å². The van der Waals surface area contributed by atoms with E-state index in [2.05, 4.69) is 5.32 Å². The van der Waals surface area contributed by atoms with E-state index in [1.807, 2.05) is 0 Å². The highest BCUT2D eigenvalue weighted by molar-refractivity contribution is 7.91. The summed E-state index contributed by atoms with van der Waals surface area (Å²) in [6, 6.07) is 1.86. The molecule has 0 heterocycles. The second-order valence-corrected chi connectivity index (χ2v) is 6.40. The predicted octanol–water partition coefficient (Wildman–Crippen LogP) is 1.59. The Hall–Kier alpha value is -1.90. The van der Waals surface area contributed by atoms with Crippen LogP contribution in [0, 0.1) is 15.9 Å². The Labute approximate surface area is 115 Å². The number of anilines is 1. The molecule has 0 fully saturated rings. The van der Waals surface area contributed by atoms with E-state index in [4.69, 9.17) is 4.74 Å². The average molecular weight is 306 g/mol. The summed E-state index contributed by atoms with van der Waals surface area (Å²) in [6.45, 7) is 1.53. The quantitative estimate of drug-likeness (QED) is 0.606. The standard InChI is InChI=1S/C11H15FN2O5S/c1-3-20(17,18)5-4-13-9-7-11(19-2)10(14(15)16)6-8(9)12/h6-7,13H,3-5H2,1-2H3. The topological polar surface area (TPSA) is 98.5 Å². The maximum absolute atomic E-state index is 13.7. The van der Waals surface area contributed by atoms with E-state index in [0.717, 1.165) is 12.1 Å². The molecule has 0 bridgehead atoms. The molecule has 0 amide bonds. The van der Waals surface area contributed by atoms with Gasteiger partial charge >= 0.3 is 5.69 Å². The molecule has 0 saturated heterocycles. The third-order valence-corrected chi connectivity index (χ3v) is 4.34. The van der Waals surface area contributed by atoms with Crippen molar-refractivity contribution in [1.82, 2.24) is 0 Å². The van der Waals surface area contributed by atoms with Crippen LogP contribution in [0.1, 0.15) is 6.92 Å². The third-order valence-electron chi connectivity index (χ3n) is 2.63. The fourth-order valence-corrected chi connectivity index (χ4v) is 2.17. The lowest BCUT2D eigenvalue weighted by atomic mass is 10.2. The number of hydrogen-bond donors (Lipinski definition) is 1. The fraction of sp³-hybridized carbons (Fsp3) is 0.455. The number of methoxy groups -OCH3 is 1. The highest BCUT2D eigenvalue weighted by Gasteiger charge is 2.19. The van der Waals surface area contributed by atoms with Gasteiger partial charge < -0.3 is 10.1 Å². The molecular weight excluding hydrogens is 291 g/mol. The molecule has 7 nitrogen and oxygen atoms in total. The van der Waals surface area contributed by atoms with Gasteiger partial charge in [-0.3, -0.25) is 10.1 Å². The molecule has 0 radical (unpaired) electrons. The highest BCUT2D eigenvalue weighted by Crippen LogP contribution is 2.32. The maximum atomic E-state index is 13.7. The molecule has 0 atom stereocenters. The summed E-state index contributed by atoms with van der Waals surface area (Å²) >= 11 is 0. The van der Waals surface area contributed by atoms with Gasteiger partial charge in [0, 0.05) is 18.4 Å². The summed E-state index contributed by atoms with van der Waals surface area (Å²) < 4.78 is 41.0. The van der Waals surface area contributed by atoms with E-state index in [-0.39, 0.29) is 29.5 Å². The summed E-state index contributed by atoms with van der Waals surface area (Å²) in [5.74, 6) is -1.09. The van der Waals surface area contributed by atoms with Gasteiger partial charge in [-0.15, -0.1) is 0 Å². The lowest BCUT2D eigenvalue weighted by Gasteiger charge is -2.09. The summed E-state index contributed by atoms with van der Waals surface area (Å²) in [4.78, 5) is 9.93. The van der Waals surface area contributed by atoms with Crippen molar-refractivity contribution in [2.45, 2.75) is 6.92 Å². The van der Waals surface area contributed by atoms with Crippen molar-refractivity contribution in [2.75, 3.05) is 30.5 Å². The van der Waals surface area contributed by atoms with Gasteiger partial charge in [-0.05, 0) is 0 Å². The average Bonchev–Trinajstić information content (AvgIpc) is 2.39. The first-order valence-electron chi connectivity index (χ1n) is 5.77. The number of nitrogens with zero attached hydrogens (tertiary/aromatic N) is 1. The Bertz CT molecular complexity index is 603. The molecule has 0 aliphatic rings. The number of nitro groups is 1. The second kappa shape index (κ2) is 6.51. The van der Waals surface area contributed by atoms with Crippen LogP contribution in [-0.2, 0) is 9.84 Å². The largest absolute Gasteiger partial charge is 0.490 e. The molecule has 0 unspecified atom stereocenters. The number of nitrogens with one attached hydrogen (secondary N) is 1. The lowest BCUT2D eigenvalue weighted by molar-refractivity contribution is -0.385. The van der Waals surface area contributed by atoms with Gasteiger partial charge in [0.15, 0.2) is 21.4 Å². The molecule has 1 aromatic carbocycles. The Balaban J connectivity index is 2.89. The summed E-state index contributed by atoms with van der Waals surface area (Å²) in [5.41, 5.74) is -0.532. The van der Waals surface area contributed by atoms with Crippen LogP contribution in [0.3, 0.4) is 0 Å². The van der Waals surface area contributed by atoms with Crippen molar-refractivity contribution in [2.24, 2.45) is 0 Å². The van der Waals surface area contributed by atoms with E-state index < -0.39 is 26.3 Å². The van der Waals surface area contributed by atoms with Crippen LogP contribution in [0.4, 0.5) is 15.8 Å². The number of hydrogen-bond acceptors (Lipinski definition) is 6. The van der Waals surface area contributed by atoms with E-state index >= 15 is 0 Å². The van der Waals surface area contributed by atoms with Crippen LogP contribution in [0.25, 0.3) is 0 Å². The molecule has 0 spiro atoms. The molecule has 1 N–H and O–H groups in total. The number of rotatable bonds is 7. The normalized spacial score (nSPS) is 11.2. The molecule has 0 aliphatic heterocycles. The number of benzene rings is 1. The Kier molecular flexibility index (Phi) is 5.26. The van der Waals surface area contributed by atoms with Gasteiger partial charge in [0.1, 0.15) is 0 Å². The van der Waals surface area contributed by atoms with Gasteiger partial charge in [-0.25, -0.2) is 12.8 Å². The first kappa shape index (κ1) is 16.2. The molecule has 9 heteroatoms. The van der Waals surface area contributed by atoms with Crippen LogP contribution in [0.15, 0.2) is 12.1 Å². The Morgan fingerprint density at radius 3 is 2.60 bits per heavy atom. The molecule has 0 aromatic heterocycles. The van der Waals surface area contributed by atoms with Crippen LogP contribution in [0.2, 0.25) is 0 Å². The minimum absolute atomic E-state index is 0.000739. The van der Waals surface area contributed by atoms with Gasteiger partial charge in [0.25, 0.3) is 0 Å². The monoisotopic (exact) mass is 306 g/mol. The van der Waals surface area contributed by atoms with Crippen molar-refractivity contribution in [3.05, 3.63) is 28.1 Å². The van der Waals surface area contributed by atoms with Crippen LogP contribution in [0.5, 0.6) is 5.75 Å². The first-order valence-corrected chi connectivity index (χ1v) is 7.59. The Morgan fingerprint density at radius 2 is 2.10 bits per heavy atom. The number of sulfone groups is 1. The van der Waals surface area contributed by atoms with Crippen molar-refractivity contribution < 1.29 is 22.5 Å². The third kappa shape index (κ3) is 4.05. The molecule has 1 rings (SSSR count). The van der Waals surface area contributed by atoms with E-state index in [9.17, 15) is 22.9 Å². The zero-order valence-electron chi connectivity index (χ0n) is 11.1. The number of halogens is 1. The molecule has 20 heavy (non-hydrogen) atoms. The van der Waals surface area contributed by atoms with Crippen LogP contribution >= 0.6 is 0 Å². The van der Waals surface area contributed by atoms with Gasteiger partial charge in [0.2, 0.25) is 0 Å². The van der Waals surface area contributed by atoms with Crippen LogP contribution < -0.4 is 10.1 Å².